The molecule has 33 heavy (non-hydrogen) atoms. The standard InChI is InChI=1S/C28H23N3O2/c29-28(13-4-14-28)21-9-7-19(8-10-21)25-26(32)23-17-22(31-16-15-30-18-31)11-12-24(23)33-27(25)20-5-2-1-3-6-20/h1-3,5-12,15-18H,4,13-14,29H2. The molecule has 2 aromatic heterocycles. The summed E-state index contributed by atoms with van der Waals surface area (Å²) in [5, 5.41) is 0.536. The number of benzene rings is 3. The summed E-state index contributed by atoms with van der Waals surface area (Å²) in [6, 6.07) is 23.5. The van der Waals surface area contributed by atoms with Crippen LogP contribution in [0.25, 0.3) is 39.1 Å². The molecule has 2 N–H and O–H groups in total. The normalized spacial score (nSPS) is 14.8. The Morgan fingerprint density at radius 2 is 1.73 bits per heavy atom. The Morgan fingerprint density at radius 1 is 0.939 bits per heavy atom. The first-order valence-electron chi connectivity index (χ1n) is 11.2. The van der Waals surface area contributed by atoms with Crippen molar-refractivity contribution in [3.63, 3.8) is 0 Å². The van der Waals surface area contributed by atoms with Crippen molar-refractivity contribution in [3.05, 3.63) is 107 Å². The molecule has 0 unspecified atom stereocenters. The molecular formula is C28H23N3O2. The average molecular weight is 434 g/mol. The van der Waals surface area contributed by atoms with Crippen molar-refractivity contribution in [2.45, 2.75) is 24.8 Å². The topological polar surface area (TPSA) is 74.0 Å². The smallest absolute Gasteiger partial charge is 0.201 e. The third-order valence-corrected chi connectivity index (χ3v) is 6.71. The van der Waals surface area contributed by atoms with Crippen molar-refractivity contribution in [2.75, 3.05) is 0 Å². The maximum Gasteiger partial charge on any atom is 0.201 e. The summed E-state index contributed by atoms with van der Waals surface area (Å²) < 4.78 is 8.24. The molecule has 1 aliphatic carbocycles. The molecule has 162 valence electrons. The Kier molecular flexibility index (Phi) is 4.52. The van der Waals surface area contributed by atoms with Gasteiger partial charge < -0.3 is 14.7 Å². The van der Waals surface area contributed by atoms with Gasteiger partial charge in [-0.15, -0.1) is 0 Å². The molecule has 1 aliphatic rings. The minimum Gasteiger partial charge on any atom is -0.455 e. The van der Waals surface area contributed by atoms with Crippen LogP contribution in [0.2, 0.25) is 0 Å². The molecular weight excluding hydrogens is 410 g/mol. The first kappa shape index (κ1) is 19.7. The zero-order chi connectivity index (χ0) is 22.4. The van der Waals surface area contributed by atoms with Crippen LogP contribution in [-0.4, -0.2) is 9.55 Å². The SMILES string of the molecule is NC1(c2ccc(-c3c(-c4ccccc4)oc4ccc(-n5ccnc5)cc4c3=O)cc2)CCC1. The molecule has 0 atom stereocenters. The van der Waals surface area contributed by atoms with Crippen LogP contribution in [0, 0.1) is 0 Å². The third kappa shape index (κ3) is 3.29. The fourth-order valence-corrected chi connectivity index (χ4v) is 4.63. The number of nitrogens with zero attached hydrogens (tertiary/aromatic N) is 2. The second-order valence-corrected chi connectivity index (χ2v) is 8.74. The molecule has 1 fully saturated rings. The molecule has 5 heteroatoms. The van der Waals surface area contributed by atoms with Gasteiger partial charge in [-0.1, -0.05) is 54.6 Å². The Morgan fingerprint density at radius 3 is 2.39 bits per heavy atom. The summed E-state index contributed by atoms with van der Waals surface area (Å²) in [5.74, 6) is 0.572. The van der Waals surface area contributed by atoms with Crippen molar-refractivity contribution in [3.8, 4) is 28.1 Å². The van der Waals surface area contributed by atoms with Crippen LogP contribution in [0.3, 0.4) is 0 Å². The van der Waals surface area contributed by atoms with E-state index >= 15 is 0 Å². The van der Waals surface area contributed by atoms with Crippen molar-refractivity contribution in [2.24, 2.45) is 5.73 Å². The number of imidazole rings is 1. The quantitative estimate of drug-likeness (QED) is 0.397. The Balaban J connectivity index is 1.57. The fourth-order valence-electron chi connectivity index (χ4n) is 4.63. The van der Waals surface area contributed by atoms with E-state index in [1.54, 1.807) is 12.5 Å². The lowest BCUT2D eigenvalue weighted by Crippen LogP contribution is -2.43. The monoisotopic (exact) mass is 433 g/mol. The Labute approximate surface area is 191 Å². The molecule has 2 heterocycles. The highest BCUT2D eigenvalue weighted by molar-refractivity contribution is 5.90. The van der Waals surface area contributed by atoms with Gasteiger partial charge in [0.2, 0.25) is 5.43 Å². The number of hydrogen-bond donors (Lipinski definition) is 1. The zero-order valence-electron chi connectivity index (χ0n) is 18.1. The lowest BCUT2D eigenvalue weighted by Gasteiger charge is -2.38. The van der Waals surface area contributed by atoms with E-state index < -0.39 is 0 Å². The second-order valence-electron chi connectivity index (χ2n) is 8.74. The van der Waals surface area contributed by atoms with Crippen LogP contribution in [-0.2, 0) is 5.54 Å². The zero-order valence-corrected chi connectivity index (χ0v) is 18.1. The summed E-state index contributed by atoms with van der Waals surface area (Å²) >= 11 is 0. The van der Waals surface area contributed by atoms with E-state index in [0.29, 0.717) is 22.3 Å². The average Bonchev–Trinajstić information content (AvgIpc) is 3.38. The molecule has 3 aromatic carbocycles. The maximum absolute atomic E-state index is 13.9. The van der Waals surface area contributed by atoms with Gasteiger partial charge in [-0.3, -0.25) is 4.79 Å². The van der Waals surface area contributed by atoms with Crippen LogP contribution in [0.4, 0.5) is 0 Å². The van der Waals surface area contributed by atoms with Gasteiger partial charge in [-0.05, 0) is 48.6 Å². The Bertz CT molecular complexity index is 1500. The van der Waals surface area contributed by atoms with E-state index in [2.05, 4.69) is 17.1 Å². The lowest BCUT2D eigenvalue weighted by atomic mass is 9.72. The molecule has 0 bridgehead atoms. The highest BCUT2D eigenvalue weighted by atomic mass is 16.3. The van der Waals surface area contributed by atoms with Gasteiger partial charge in [0.15, 0.2) is 0 Å². The molecule has 0 amide bonds. The molecule has 6 rings (SSSR count). The first-order chi connectivity index (χ1) is 16.1. The van der Waals surface area contributed by atoms with Crippen LogP contribution < -0.4 is 11.2 Å². The van der Waals surface area contributed by atoms with Gasteiger partial charge in [0.05, 0.1) is 17.3 Å². The summed E-state index contributed by atoms with van der Waals surface area (Å²) in [6.07, 6.45) is 8.43. The van der Waals surface area contributed by atoms with E-state index in [1.807, 2.05) is 71.4 Å². The predicted molar refractivity (Wildman–Crippen MR) is 130 cm³/mol. The van der Waals surface area contributed by atoms with Gasteiger partial charge >= 0.3 is 0 Å². The van der Waals surface area contributed by atoms with Gasteiger partial charge in [0.1, 0.15) is 11.3 Å². The van der Waals surface area contributed by atoms with E-state index in [4.69, 9.17) is 10.2 Å². The number of hydrogen-bond acceptors (Lipinski definition) is 4. The fraction of sp³-hybridized carbons (Fsp3) is 0.143. The highest BCUT2D eigenvalue weighted by Gasteiger charge is 2.34. The second kappa shape index (κ2) is 7.57. The molecule has 0 spiro atoms. The Hall–Kier alpha value is -3.96. The molecule has 0 saturated heterocycles. The van der Waals surface area contributed by atoms with Crippen LogP contribution in [0.1, 0.15) is 24.8 Å². The molecule has 1 saturated carbocycles. The third-order valence-electron chi connectivity index (χ3n) is 6.71. The number of fused-ring (bicyclic) bond motifs is 1. The van der Waals surface area contributed by atoms with Crippen LogP contribution >= 0.6 is 0 Å². The first-order valence-corrected chi connectivity index (χ1v) is 11.2. The van der Waals surface area contributed by atoms with Crippen molar-refractivity contribution >= 4 is 11.0 Å². The van der Waals surface area contributed by atoms with E-state index in [9.17, 15) is 4.79 Å². The number of nitrogens with two attached hydrogens (primary N) is 1. The van der Waals surface area contributed by atoms with Crippen LogP contribution in [0.15, 0.2) is 101 Å². The van der Waals surface area contributed by atoms with Gasteiger partial charge in [-0.25, -0.2) is 4.98 Å². The predicted octanol–water partition coefficient (Wildman–Crippen LogP) is 5.65. The lowest BCUT2D eigenvalue weighted by molar-refractivity contribution is 0.253. The minimum absolute atomic E-state index is 0.0593. The van der Waals surface area contributed by atoms with Crippen molar-refractivity contribution < 1.29 is 4.42 Å². The summed E-state index contributed by atoms with van der Waals surface area (Å²) in [4.78, 5) is 18.0. The highest BCUT2D eigenvalue weighted by Crippen LogP contribution is 2.40. The van der Waals surface area contributed by atoms with Crippen LogP contribution in [0.5, 0.6) is 0 Å². The largest absolute Gasteiger partial charge is 0.455 e. The minimum atomic E-state index is -0.242. The summed E-state index contributed by atoms with van der Waals surface area (Å²) in [6.45, 7) is 0. The van der Waals surface area contributed by atoms with E-state index in [1.165, 1.54) is 0 Å². The van der Waals surface area contributed by atoms with Gasteiger partial charge in [0.25, 0.3) is 0 Å². The van der Waals surface area contributed by atoms with Crippen molar-refractivity contribution in [1.29, 1.82) is 0 Å². The molecule has 5 aromatic rings. The number of aromatic nitrogens is 2. The molecule has 0 radical (unpaired) electrons. The summed E-state index contributed by atoms with van der Waals surface area (Å²) in [7, 11) is 0. The summed E-state index contributed by atoms with van der Waals surface area (Å²) in [5.41, 5.74) is 11.0. The molecule has 0 aliphatic heterocycles. The van der Waals surface area contributed by atoms with Gasteiger partial charge in [-0.2, -0.15) is 0 Å². The van der Waals surface area contributed by atoms with E-state index in [-0.39, 0.29) is 11.0 Å². The van der Waals surface area contributed by atoms with Gasteiger partial charge in [0, 0.05) is 29.2 Å². The van der Waals surface area contributed by atoms with Crippen molar-refractivity contribution in [1.82, 2.24) is 9.55 Å². The van der Waals surface area contributed by atoms with E-state index in [0.717, 1.165) is 41.6 Å². The molecule has 5 nitrogen and oxygen atoms in total. The maximum atomic E-state index is 13.9. The number of rotatable bonds is 4.